The lowest BCUT2D eigenvalue weighted by molar-refractivity contribution is 0.602. The van der Waals surface area contributed by atoms with E-state index < -0.39 is 9.84 Å². The number of hydrogen-bond donors (Lipinski definition) is 2. The number of hydrogen-bond acceptors (Lipinski definition) is 4. The quantitative estimate of drug-likeness (QED) is 0.429. The minimum Gasteiger partial charge on any atom is -0.357 e. The lowest BCUT2D eigenvalue weighted by Gasteiger charge is -2.12. The standard InChI is InChI=1S/C23H28N4O2S/c1-3-24-23(26-16-13-18-9-11-21(12-10-18)30(2,28)29)27-17-14-20-7-4-6-19-8-5-15-25-22(19)20/h4-12,15H,3,13-14,16-17H2,1-2H3,(H2,24,26,27). The molecule has 3 rings (SSSR count). The Morgan fingerprint density at radius 3 is 2.50 bits per heavy atom. The zero-order valence-electron chi connectivity index (χ0n) is 17.4. The molecular weight excluding hydrogens is 396 g/mol. The van der Waals surface area contributed by atoms with Gasteiger partial charge < -0.3 is 10.6 Å². The molecule has 0 spiro atoms. The molecule has 7 heteroatoms. The van der Waals surface area contributed by atoms with Crippen molar-refractivity contribution in [3.8, 4) is 0 Å². The van der Waals surface area contributed by atoms with Crippen LogP contribution in [0.1, 0.15) is 18.1 Å². The number of aromatic nitrogens is 1. The summed E-state index contributed by atoms with van der Waals surface area (Å²) in [6.45, 7) is 4.19. The number of aliphatic imine (C=N–C) groups is 1. The van der Waals surface area contributed by atoms with Crippen molar-refractivity contribution in [3.05, 3.63) is 71.9 Å². The van der Waals surface area contributed by atoms with Crippen LogP contribution in [0.2, 0.25) is 0 Å². The van der Waals surface area contributed by atoms with E-state index in [0.29, 0.717) is 18.0 Å². The van der Waals surface area contributed by atoms with Crippen molar-refractivity contribution >= 4 is 26.7 Å². The van der Waals surface area contributed by atoms with E-state index >= 15 is 0 Å². The Bertz CT molecular complexity index is 1100. The van der Waals surface area contributed by atoms with Crippen molar-refractivity contribution in [3.63, 3.8) is 0 Å². The van der Waals surface area contributed by atoms with Crippen LogP contribution < -0.4 is 10.6 Å². The Labute approximate surface area is 178 Å². The topological polar surface area (TPSA) is 83.4 Å². The Morgan fingerprint density at radius 1 is 1.00 bits per heavy atom. The van der Waals surface area contributed by atoms with Crippen LogP contribution in [-0.4, -0.2) is 45.3 Å². The summed E-state index contributed by atoms with van der Waals surface area (Å²) in [5, 5.41) is 7.75. The third-order valence-electron chi connectivity index (χ3n) is 4.77. The molecule has 2 aromatic carbocycles. The molecule has 0 aliphatic rings. The van der Waals surface area contributed by atoms with Crippen LogP contribution in [0.5, 0.6) is 0 Å². The van der Waals surface area contributed by atoms with Crippen LogP contribution in [0.3, 0.4) is 0 Å². The average molecular weight is 425 g/mol. The SMILES string of the molecule is CCNC(=NCCc1cccc2cccnc12)NCCc1ccc(S(C)(=O)=O)cc1. The van der Waals surface area contributed by atoms with E-state index in [-0.39, 0.29) is 0 Å². The molecule has 6 nitrogen and oxygen atoms in total. The van der Waals surface area contributed by atoms with Crippen LogP contribution in [0.15, 0.2) is 70.7 Å². The number of para-hydroxylation sites is 1. The Kier molecular flexibility index (Phi) is 7.41. The van der Waals surface area contributed by atoms with Gasteiger partial charge in [0.2, 0.25) is 0 Å². The summed E-state index contributed by atoms with van der Waals surface area (Å²) in [5.41, 5.74) is 3.30. The summed E-state index contributed by atoms with van der Waals surface area (Å²) < 4.78 is 23.1. The molecule has 0 amide bonds. The molecule has 3 aromatic rings. The van der Waals surface area contributed by atoms with Crippen molar-refractivity contribution in [2.45, 2.75) is 24.7 Å². The second-order valence-electron chi connectivity index (χ2n) is 7.10. The highest BCUT2D eigenvalue weighted by atomic mass is 32.2. The average Bonchev–Trinajstić information content (AvgIpc) is 2.74. The molecular formula is C23H28N4O2S. The maximum Gasteiger partial charge on any atom is 0.191 e. The van der Waals surface area contributed by atoms with Gasteiger partial charge in [-0.1, -0.05) is 36.4 Å². The lowest BCUT2D eigenvalue weighted by atomic mass is 10.1. The first-order valence-corrected chi connectivity index (χ1v) is 12.0. The molecule has 0 unspecified atom stereocenters. The van der Waals surface area contributed by atoms with Crippen LogP contribution in [0, 0.1) is 0 Å². The van der Waals surface area contributed by atoms with Crippen LogP contribution in [0.4, 0.5) is 0 Å². The summed E-state index contributed by atoms with van der Waals surface area (Å²) >= 11 is 0. The van der Waals surface area contributed by atoms with Gasteiger partial charge in [-0.15, -0.1) is 0 Å². The maximum atomic E-state index is 11.6. The first-order chi connectivity index (χ1) is 14.5. The number of fused-ring (bicyclic) bond motifs is 1. The molecule has 0 aliphatic heterocycles. The van der Waals surface area contributed by atoms with Crippen molar-refractivity contribution in [2.75, 3.05) is 25.9 Å². The Morgan fingerprint density at radius 2 is 1.77 bits per heavy atom. The molecule has 1 aromatic heterocycles. The molecule has 2 N–H and O–H groups in total. The zero-order chi connectivity index (χ0) is 21.4. The van der Waals surface area contributed by atoms with Crippen molar-refractivity contribution in [1.29, 1.82) is 0 Å². The fraction of sp³-hybridized carbons (Fsp3) is 0.304. The number of rotatable bonds is 8. The summed E-state index contributed by atoms with van der Waals surface area (Å²) in [4.78, 5) is 9.53. The third kappa shape index (κ3) is 6.03. The number of guanidine groups is 1. The smallest absolute Gasteiger partial charge is 0.191 e. The normalized spacial score (nSPS) is 12.1. The number of sulfone groups is 1. The Hall–Kier alpha value is -2.93. The van der Waals surface area contributed by atoms with Crippen LogP contribution in [-0.2, 0) is 22.7 Å². The molecule has 30 heavy (non-hydrogen) atoms. The van der Waals surface area contributed by atoms with Gasteiger partial charge >= 0.3 is 0 Å². The monoisotopic (exact) mass is 424 g/mol. The summed E-state index contributed by atoms with van der Waals surface area (Å²) in [7, 11) is -3.16. The van der Waals surface area contributed by atoms with Crippen LogP contribution in [0.25, 0.3) is 10.9 Å². The van der Waals surface area contributed by atoms with Crippen molar-refractivity contribution in [1.82, 2.24) is 15.6 Å². The first kappa shape index (κ1) is 21.8. The minimum atomic E-state index is -3.16. The van der Waals surface area contributed by atoms with E-state index in [1.165, 1.54) is 11.8 Å². The van der Waals surface area contributed by atoms with Gasteiger partial charge in [-0.2, -0.15) is 0 Å². The predicted molar refractivity (Wildman–Crippen MR) is 123 cm³/mol. The van der Waals surface area contributed by atoms with Gasteiger partial charge in [0.05, 0.1) is 10.4 Å². The van der Waals surface area contributed by atoms with Crippen molar-refractivity contribution < 1.29 is 8.42 Å². The predicted octanol–water partition coefficient (Wildman–Crippen LogP) is 2.98. The van der Waals surface area contributed by atoms with E-state index in [1.54, 1.807) is 12.1 Å². The van der Waals surface area contributed by atoms with Gasteiger partial charge in [0, 0.05) is 37.5 Å². The summed E-state index contributed by atoms with van der Waals surface area (Å²) in [5.74, 6) is 0.776. The Balaban J connectivity index is 1.55. The molecule has 0 aliphatic carbocycles. The van der Waals surface area contributed by atoms with Gasteiger partial charge in [0.25, 0.3) is 0 Å². The first-order valence-electron chi connectivity index (χ1n) is 10.1. The highest BCUT2D eigenvalue weighted by molar-refractivity contribution is 7.90. The van der Waals surface area contributed by atoms with Gasteiger partial charge in [-0.3, -0.25) is 9.98 Å². The number of nitrogens with one attached hydrogen (secondary N) is 2. The second kappa shape index (κ2) is 10.2. The highest BCUT2D eigenvalue weighted by Gasteiger charge is 2.06. The summed E-state index contributed by atoms with van der Waals surface area (Å²) in [6.07, 6.45) is 4.64. The fourth-order valence-electron chi connectivity index (χ4n) is 3.23. The molecule has 0 saturated carbocycles. The third-order valence-corrected chi connectivity index (χ3v) is 5.90. The number of benzene rings is 2. The molecule has 0 fully saturated rings. The summed E-state index contributed by atoms with van der Waals surface area (Å²) in [6, 6.07) is 17.3. The number of nitrogens with zero attached hydrogens (tertiary/aromatic N) is 2. The van der Waals surface area contributed by atoms with Gasteiger partial charge in [0.1, 0.15) is 0 Å². The van der Waals surface area contributed by atoms with E-state index in [4.69, 9.17) is 0 Å². The molecule has 0 atom stereocenters. The molecule has 158 valence electrons. The van der Waals surface area contributed by atoms with Gasteiger partial charge in [0.15, 0.2) is 15.8 Å². The van der Waals surface area contributed by atoms with Crippen LogP contribution >= 0.6 is 0 Å². The van der Waals surface area contributed by atoms with Gasteiger partial charge in [-0.25, -0.2) is 8.42 Å². The fourth-order valence-corrected chi connectivity index (χ4v) is 3.86. The molecule has 0 radical (unpaired) electrons. The largest absolute Gasteiger partial charge is 0.357 e. The van der Waals surface area contributed by atoms with E-state index in [9.17, 15) is 8.42 Å². The van der Waals surface area contributed by atoms with E-state index in [2.05, 4.69) is 44.9 Å². The minimum absolute atomic E-state index is 0.344. The van der Waals surface area contributed by atoms with Crippen molar-refractivity contribution in [2.24, 2.45) is 4.99 Å². The van der Waals surface area contributed by atoms with E-state index in [0.717, 1.165) is 41.8 Å². The second-order valence-corrected chi connectivity index (χ2v) is 9.11. The highest BCUT2D eigenvalue weighted by Crippen LogP contribution is 2.16. The van der Waals surface area contributed by atoms with E-state index in [1.807, 2.05) is 31.3 Å². The molecule has 1 heterocycles. The zero-order valence-corrected chi connectivity index (χ0v) is 18.2. The maximum absolute atomic E-state index is 11.6. The number of pyridine rings is 1. The van der Waals surface area contributed by atoms with Gasteiger partial charge in [-0.05, 0) is 49.1 Å². The lowest BCUT2D eigenvalue weighted by Crippen LogP contribution is -2.38. The molecule has 0 saturated heterocycles. The molecule has 0 bridgehead atoms.